The van der Waals surface area contributed by atoms with Crippen LogP contribution < -0.4 is 10.1 Å². The highest BCUT2D eigenvalue weighted by Gasteiger charge is 2.15. The van der Waals surface area contributed by atoms with Crippen molar-refractivity contribution in [3.05, 3.63) is 29.8 Å². The molecule has 1 rings (SSSR count). The topological polar surface area (TPSA) is 38.3 Å². The average Bonchev–Trinajstić information content (AvgIpc) is 2.37. The summed E-state index contributed by atoms with van der Waals surface area (Å²) < 4.78 is 17.4. The van der Waals surface area contributed by atoms with Crippen LogP contribution >= 0.6 is 0 Å². The lowest BCUT2D eigenvalue weighted by Gasteiger charge is -2.19. The van der Waals surface area contributed by atoms with Crippen molar-refractivity contribution < 1.29 is 8.95 Å². The molecule has 0 saturated carbocycles. The fourth-order valence-corrected chi connectivity index (χ4v) is 3.57. The summed E-state index contributed by atoms with van der Waals surface area (Å²) in [5.74, 6) is 2.72. The van der Waals surface area contributed by atoms with Crippen molar-refractivity contribution in [3.8, 4) is 5.75 Å². The van der Waals surface area contributed by atoms with E-state index in [1.165, 1.54) is 0 Å². The van der Waals surface area contributed by atoms with Gasteiger partial charge in [-0.25, -0.2) is 0 Å². The Hall–Kier alpha value is -0.870. The maximum atomic E-state index is 12.1. The quantitative estimate of drug-likeness (QED) is 0.797. The number of nitrogens with one attached hydrogen (secondary N) is 1. The summed E-state index contributed by atoms with van der Waals surface area (Å²) in [7, 11) is 0.871. The standard InChI is InChI=1S/C15H25NO2S/c1-5-16-15(11-19(17)10-12(2)3)13-7-6-8-14(9-13)18-4/h6-9,12,15-16H,5,10-11H2,1-4H3. The van der Waals surface area contributed by atoms with Gasteiger partial charge >= 0.3 is 0 Å². The van der Waals surface area contributed by atoms with Gasteiger partial charge in [-0.05, 0) is 30.2 Å². The van der Waals surface area contributed by atoms with Gasteiger partial charge in [-0.2, -0.15) is 0 Å². The highest BCUT2D eigenvalue weighted by Crippen LogP contribution is 2.20. The zero-order valence-corrected chi connectivity index (χ0v) is 13.1. The van der Waals surface area contributed by atoms with Gasteiger partial charge in [0.1, 0.15) is 5.75 Å². The molecule has 0 heterocycles. The normalized spacial score (nSPS) is 14.4. The maximum absolute atomic E-state index is 12.1. The van der Waals surface area contributed by atoms with Crippen molar-refractivity contribution in [3.63, 3.8) is 0 Å². The lowest BCUT2D eigenvalue weighted by atomic mass is 10.1. The second kappa shape index (κ2) is 8.33. The van der Waals surface area contributed by atoms with Crippen LogP contribution in [0.1, 0.15) is 32.4 Å². The zero-order chi connectivity index (χ0) is 14.3. The fraction of sp³-hybridized carbons (Fsp3) is 0.600. The minimum atomic E-state index is -0.794. The SMILES string of the molecule is CCNC(CS(=O)CC(C)C)c1cccc(OC)c1. The summed E-state index contributed by atoms with van der Waals surface area (Å²) in [6.45, 7) is 7.14. The van der Waals surface area contributed by atoms with Crippen LogP contribution in [-0.4, -0.2) is 29.4 Å². The minimum absolute atomic E-state index is 0.125. The molecule has 3 nitrogen and oxygen atoms in total. The maximum Gasteiger partial charge on any atom is 0.119 e. The molecule has 0 amide bonds. The first-order chi connectivity index (χ1) is 9.06. The summed E-state index contributed by atoms with van der Waals surface area (Å²) in [6.07, 6.45) is 0. The Balaban J connectivity index is 2.78. The summed E-state index contributed by atoms with van der Waals surface area (Å²) in [6, 6.07) is 8.10. The molecule has 1 aromatic carbocycles. The smallest absolute Gasteiger partial charge is 0.119 e. The molecule has 4 heteroatoms. The van der Waals surface area contributed by atoms with E-state index in [-0.39, 0.29) is 6.04 Å². The third kappa shape index (κ3) is 5.74. The van der Waals surface area contributed by atoms with Gasteiger partial charge in [0.15, 0.2) is 0 Å². The molecule has 2 atom stereocenters. The van der Waals surface area contributed by atoms with E-state index in [1.54, 1.807) is 7.11 Å². The second-order valence-electron chi connectivity index (χ2n) is 5.05. The van der Waals surface area contributed by atoms with E-state index in [2.05, 4.69) is 32.2 Å². The summed E-state index contributed by atoms with van der Waals surface area (Å²) in [4.78, 5) is 0. The van der Waals surface area contributed by atoms with Crippen LogP contribution in [0, 0.1) is 5.92 Å². The molecule has 0 aliphatic carbocycles. The molecule has 0 saturated heterocycles. The van der Waals surface area contributed by atoms with Gasteiger partial charge in [-0.15, -0.1) is 0 Å². The third-order valence-electron chi connectivity index (χ3n) is 2.82. The average molecular weight is 283 g/mol. The number of ether oxygens (including phenoxy) is 1. The van der Waals surface area contributed by atoms with Crippen molar-refractivity contribution in [1.82, 2.24) is 5.32 Å². The van der Waals surface area contributed by atoms with Gasteiger partial charge in [0.05, 0.1) is 7.11 Å². The van der Waals surface area contributed by atoms with Crippen LogP contribution in [0.5, 0.6) is 5.75 Å². The van der Waals surface area contributed by atoms with E-state index in [1.807, 2.05) is 18.2 Å². The summed E-state index contributed by atoms with van der Waals surface area (Å²) >= 11 is 0. The van der Waals surface area contributed by atoms with Crippen LogP contribution in [0.15, 0.2) is 24.3 Å². The molecule has 0 aromatic heterocycles. The molecule has 108 valence electrons. The van der Waals surface area contributed by atoms with Gasteiger partial charge in [0, 0.05) is 28.3 Å². The Kier molecular flexibility index (Phi) is 7.10. The van der Waals surface area contributed by atoms with Crippen molar-refractivity contribution in [1.29, 1.82) is 0 Å². The molecule has 0 radical (unpaired) electrons. The van der Waals surface area contributed by atoms with Crippen LogP contribution in [0.25, 0.3) is 0 Å². The van der Waals surface area contributed by atoms with Crippen molar-refractivity contribution in [2.45, 2.75) is 26.8 Å². The molecule has 0 fully saturated rings. The monoisotopic (exact) mass is 283 g/mol. The van der Waals surface area contributed by atoms with Crippen LogP contribution in [-0.2, 0) is 10.8 Å². The molecule has 1 N–H and O–H groups in total. The van der Waals surface area contributed by atoms with E-state index >= 15 is 0 Å². The molecular formula is C15H25NO2S. The third-order valence-corrected chi connectivity index (χ3v) is 4.56. The van der Waals surface area contributed by atoms with Crippen molar-refractivity contribution in [2.24, 2.45) is 5.92 Å². The molecule has 0 aliphatic rings. The number of benzene rings is 1. The number of methoxy groups -OCH3 is 1. The largest absolute Gasteiger partial charge is 0.497 e. The first-order valence-corrected chi connectivity index (χ1v) is 8.27. The Morgan fingerprint density at radius 3 is 2.63 bits per heavy atom. The number of hydrogen-bond acceptors (Lipinski definition) is 3. The van der Waals surface area contributed by atoms with E-state index in [9.17, 15) is 4.21 Å². The predicted molar refractivity (Wildman–Crippen MR) is 82.1 cm³/mol. The first kappa shape index (κ1) is 16.2. The number of hydrogen-bond donors (Lipinski definition) is 1. The van der Waals surface area contributed by atoms with Crippen LogP contribution in [0.4, 0.5) is 0 Å². The molecule has 1 aromatic rings. The van der Waals surface area contributed by atoms with E-state index < -0.39 is 10.8 Å². The Morgan fingerprint density at radius 2 is 2.05 bits per heavy atom. The Bertz CT molecular complexity index is 407. The fourth-order valence-electron chi connectivity index (χ4n) is 2.00. The van der Waals surface area contributed by atoms with E-state index in [4.69, 9.17) is 4.74 Å². The van der Waals surface area contributed by atoms with Crippen LogP contribution in [0.2, 0.25) is 0 Å². The van der Waals surface area contributed by atoms with E-state index in [0.717, 1.165) is 23.6 Å². The van der Waals surface area contributed by atoms with Gasteiger partial charge in [0.25, 0.3) is 0 Å². The highest BCUT2D eigenvalue weighted by atomic mass is 32.2. The van der Waals surface area contributed by atoms with Crippen molar-refractivity contribution in [2.75, 3.05) is 25.2 Å². The molecule has 0 spiro atoms. The lowest BCUT2D eigenvalue weighted by Crippen LogP contribution is -2.27. The van der Waals surface area contributed by atoms with Gasteiger partial charge < -0.3 is 10.1 Å². The molecule has 19 heavy (non-hydrogen) atoms. The predicted octanol–water partition coefficient (Wildman–Crippen LogP) is 2.75. The molecule has 0 aliphatic heterocycles. The first-order valence-electron chi connectivity index (χ1n) is 6.79. The van der Waals surface area contributed by atoms with Gasteiger partial charge in [0.2, 0.25) is 0 Å². The molecule has 0 bridgehead atoms. The minimum Gasteiger partial charge on any atom is -0.497 e. The van der Waals surface area contributed by atoms with Crippen LogP contribution in [0.3, 0.4) is 0 Å². The number of rotatable bonds is 8. The van der Waals surface area contributed by atoms with E-state index in [0.29, 0.717) is 11.7 Å². The molecule has 2 unspecified atom stereocenters. The Labute approximate surface area is 119 Å². The Morgan fingerprint density at radius 1 is 1.32 bits per heavy atom. The highest BCUT2D eigenvalue weighted by molar-refractivity contribution is 7.85. The zero-order valence-electron chi connectivity index (χ0n) is 12.3. The summed E-state index contributed by atoms with van der Waals surface area (Å²) in [5, 5.41) is 3.41. The van der Waals surface area contributed by atoms with Crippen molar-refractivity contribution >= 4 is 10.8 Å². The van der Waals surface area contributed by atoms with Gasteiger partial charge in [-0.3, -0.25) is 4.21 Å². The summed E-state index contributed by atoms with van der Waals surface area (Å²) in [5.41, 5.74) is 1.14. The second-order valence-corrected chi connectivity index (χ2v) is 6.60. The molecular weight excluding hydrogens is 258 g/mol. The lowest BCUT2D eigenvalue weighted by molar-refractivity contribution is 0.413. The van der Waals surface area contributed by atoms with Gasteiger partial charge in [-0.1, -0.05) is 32.9 Å².